The van der Waals surface area contributed by atoms with Crippen LogP contribution in [-0.4, -0.2) is 19.7 Å². The van der Waals surface area contributed by atoms with Gasteiger partial charge in [-0.2, -0.15) is 0 Å². The molecule has 1 N–H and O–H groups in total. The molecule has 2 nitrogen and oxygen atoms in total. The van der Waals surface area contributed by atoms with Gasteiger partial charge in [0.2, 0.25) is 0 Å². The van der Waals surface area contributed by atoms with Crippen molar-refractivity contribution in [3.05, 3.63) is 29.3 Å². The highest BCUT2D eigenvalue weighted by Crippen LogP contribution is 2.32. The summed E-state index contributed by atoms with van der Waals surface area (Å²) in [5.41, 5.74) is 2.66. The molecule has 1 aromatic rings. The Labute approximate surface area is 111 Å². The maximum Gasteiger partial charge on any atom is 0.122 e. The molecule has 1 aromatic carbocycles. The van der Waals surface area contributed by atoms with Crippen LogP contribution in [0.2, 0.25) is 0 Å². The second-order valence-electron chi connectivity index (χ2n) is 5.37. The summed E-state index contributed by atoms with van der Waals surface area (Å²) < 4.78 is 5.48. The highest BCUT2D eigenvalue weighted by atomic mass is 16.5. The Balaban J connectivity index is 2.11. The number of likely N-dealkylation sites (N-methyl/N-ethyl adjacent to an activating group) is 1. The monoisotopic (exact) mass is 247 g/mol. The molecule has 0 amide bonds. The minimum atomic E-state index is 0.611. The summed E-state index contributed by atoms with van der Waals surface area (Å²) in [6.07, 6.45) is 5.25. The van der Waals surface area contributed by atoms with Gasteiger partial charge < -0.3 is 10.1 Å². The minimum Gasteiger partial charge on any atom is -0.496 e. The van der Waals surface area contributed by atoms with Crippen molar-refractivity contribution >= 4 is 0 Å². The Kier molecular flexibility index (Phi) is 4.65. The van der Waals surface area contributed by atoms with E-state index in [2.05, 4.69) is 37.4 Å². The van der Waals surface area contributed by atoms with Crippen molar-refractivity contribution in [3.8, 4) is 5.75 Å². The van der Waals surface area contributed by atoms with E-state index in [1.807, 2.05) is 0 Å². The number of benzene rings is 1. The van der Waals surface area contributed by atoms with Gasteiger partial charge in [-0.25, -0.2) is 0 Å². The van der Waals surface area contributed by atoms with Gasteiger partial charge in [-0.05, 0) is 50.3 Å². The van der Waals surface area contributed by atoms with Gasteiger partial charge in [0, 0.05) is 6.04 Å². The van der Waals surface area contributed by atoms with E-state index in [9.17, 15) is 0 Å². The van der Waals surface area contributed by atoms with Crippen molar-refractivity contribution in [1.82, 2.24) is 5.32 Å². The lowest BCUT2D eigenvalue weighted by Crippen LogP contribution is -2.41. The van der Waals surface area contributed by atoms with Crippen molar-refractivity contribution in [3.63, 3.8) is 0 Å². The molecule has 1 aliphatic rings. The van der Waals surface area contributed by atoms with Crippen LogP contribution in [0.5, 0.6) is 5.75 Å². The second-order valence-corrected chi connectivity index (χ2v) is 5.37. The first-order valence-electron chi connectivity index (χ1n) is 7.11. The van der Waals surface area contributed by atoms with Crippen molar-refractivity contribution in [1.29, 1.82) is 0 Å². The van der Waals surface area contributed by atoms with Crippen LogP contribution in [0.3, 0.4) is 0 Å². The number of rotatable bonds is 6. The Bertz CT molecular complexity index is 385. The van der Waals surface area contributed by atoms with Crippen LogP contribution in [0.15, 0.2) is 18.2 Å². The number of aryl methyl sites for hydroxylation is 1. The van der Waals surface area contributed by atoms with E-state index in [1.54, 1.807) is 7.11 Å². The average Bonchev–Trinajstić information content (AvgIpc) is 2.27. The molecule has 0 radical (unpaired) electrons. The zero-order valence-corrected chi connectivity index (χ0v) is 11.8. The molecular formula is C16H25NO. The van der Waals surface area contributed by atoms with E-state index in [1.165, 1.54) is 30.4 Å². The van der Waals surface area contributed by atoms with Gasteiger partial charge in [0.15, 0.2) is 0 Å². The summed E-state index contributed by atoms with van der Waals surface area (Å²) in [6, 6.07) is 7.09. The van der Waals surface area contributed by atoms with Gasteiger partial charge >= 0.3 is 0 Å². The standard InChI is InChI=1S/C16H25NO/c1-4-17-15(13-6-5-7-13)11-14-10-12(2)8-9-16(14)18-3/h8-10,13,15,17H,4-7,11H2,1-3H3. The number of nitrogens with one attached hydrogen (secondary N) is 1. The van der Waals surface area contributed by atoms with Crippen LogP contribution in [0, 0.1) is 12.8 Å². The molecule has 18 heavy (non-hydrogen) atoms. The molecule has 100 valence electrons. The molecule has 0 aromatic heterocycles. The van der Waals surface area contributed by atoms with Crippen molar-refractivity contribution in [2.45, 2.75) is 45.6 Å². The average molecular weight is 247 g/mol. The lowest BCUT2D eigenvalue weighted by Gasteiger charge is -2.34. The molecule has 2 heteroatoms. The predicted octanol–water partition coefficient (Wildman–Crippen LogP) is 3.32. The first-order chi connectivity index (χ1) is 8.74. The zero-order chi connectivity index (χ0) is 13.0. The molecule has 2 rings (SSSR count). The zero-order valence-electron chi connectivity index (χ0n) is 11.8. The second kappa shape index (κ2) is 6.24. The molecule has 1 atom stereocenters. The molecular weight excluding hydrogens is 222 g/mol. The van der Waals surface area contributed by atoms with Gasteiger partial charge in [-0.1, -0.05) is 31.0 Å². The fourth-order valence-corrected chi connectivity index (χ4v) is 2.81. The fraction of sp³-hybridized carbons (Fsp3) is 0.625. The summed E-state index contributed by atoms with van der Waals surface area (Å²) in [6.45, 7) is 5.39. The number of ether oxygens (including phenoxy) is 1. The normalized spacial score (nSPS) is 17.3. The van der Waals surface area contributed by atoms with Crippen LogP contribution in [0.25, 0.3) is 0 Å². The Hall–Kier alpha value is -1.02. The molecule has 0 spiro atoms. The maximum absolute atomic E-state index is 5.48. The first-order valence-corrected chi connectivity index (χ1v) is 7.11. The third-order valence-corrected chi connectivity index (χ3v) is 4.06. The third kappa shape index (κ3) is 3.05. The Morgan fingerprint density at radius 2 is 2.17 bits per heavy atom. The topological polar surface area (TPSA) is 21.3 Å². The van der Waals surface area contributed by atoms with Gasteiger partial charge in [0.25, 0.3) is 0 Å². The van der Waals surface area contributed by atoms with E-state index in [-0.39, 0.29) is 0 Å². The van der Waals surface area contributed by atoms with E-state index in [4.69, 9.17) is 4.74 Å². The molecule has 1 unspecified atom stereocenters. The first kappa shape index (κ1) is 13.4. The lowest BCUT2D eigenvalue weighted by atomic mass is 9.77. The van der Waals surface area contributed by atoms with Crippen LogP contribution in [0.4, 0.5) is 0 Å². The molecule has 0 heterocycles. The van der Waals surface area contributed by atoms with E-state index >= 15 is 0 Å². The van der Waals surface area contributed by atoms with Gasteiger partial charge in [0.05, 0.1) is 7.11 Å². The fourth-order valence-electron chi connectivity index (χ4n) is 2.81. The van der Waals surface area contributed by atoms with E-state index in [0.29, 0.717) is 6.04 Å². The maximum atomic E-state index is 5.48. The van der Waals surface area contributed by atoms with E-state index < -0.39 is 0 Å². The van der Waals surface area contributed by atoms with E-state index in [0.717, 1.165) is 24.6 Å². The number of hydrogen-bond donors (Lipinski definition) is 1. The molecule has 0 bridgehead atoms. The smallest absolute Gasteiger partial charge is 0.122 e. The quantitative estimate of drug-likeness (QED) is 0.832. The summed E-state index contributed by atoms with van der Waals surface area (Å²) in [5, 5.41) is 3.65. The van der Waals surface area contributed by atoms with Crippen molar-refractivity contribution < 1.29 is 4.74 Å². The van der Waals surface area contributed by atoms with Gasteiger partial charge in [-0.3, -0.25) is 0 Å². The van der Waals surface area contributed by atoms with Gasteiger partial charge in [0.1, 0.15) is 5.75 Å². The largest absolute Gasteiger partial charge is 0.496 e. The highest BCUT2D eigenvalue weighted by Gasteiger charge is 2.27. The number of hydrogen-bond acceptors (Lipinski definition) is 2. The molecule has 1 fully saturated rings. The van der Waals surface area contributed by atoms with Crippen LogP contribution in [0.1, 0.15) is 37.3 Å². The summed E-state index contributed by atoms with van der Waals surface area (Å²) in [4.78, 5) is 0. The molecule has 0 aliphatic heterocycles. The minimum absolute atomic E-state index is 0.611. The van der Waals surface area contributed by atoms with Crippen LogP contribution in [-0.2, 0) is 6.42 Å². The van der Waals surface area contributed by atoms with Gasteiger partial charge in [-0.15, -0.1) is 0 Å². The van der Waals surface area contributed by atoms with Crippen LogP contribution < -0.4 is 10.1 Å². The lowest BCUT2D eigenvalue weighted by molar-refractivity contribution is 0.228. The molecule has 1 aliphatic carbocycles. The Morgan fingerprint density at radius 1 is 1.39 bits per heavy atom. The Morgan fingerprint density at radius 3 is 2.72 bits per heavy atom. The van der Waals surface area contributed by atoms with Crippen LogP contribution >= 0.6 is 0 Å². The summed E-state index contributed by atoms with van der Waals surface area (Å²) >= 11 is 0. The predicted molar refractivity (Wildman–Crippen MR) is 76.2 cm³/mol. The SMILES string of the molecule is CCNC(Cc1cc(C)ccc1OC)C1CCC1. The van der Waals surface area contributed by atoms with Crippen molar-refractivity contribution in [2.75, 3.05) is 13.7 Å². The molecule has 1 saturated carbocycles. The van der Waals surface area contributed by atoms with Crippen molar-refractivity contribution in [2.24, 2.45) is 5.92 Å². The third-order valence-electron chi connectivity index (χ3n) is 4.06. The highest BCUT2D eigenvalue weighted by molar-refractivity contribution is 5.37. The summed E-state index contributed by atoms with van der Waals surface area (Å²) in [7, 11) is 1.76. The molecule has 0 saturated heterocycles. The number of methoxy groups -OCH3 is 1. The summed E-state index contributed by atoms with van der Waals surface area (Å²) in [5.74, 6) is 1.89.